The molecule has 0 saturated carbocycles. The van der Waals surface area contributed by atoms with Gasteiger partial charge in [-0.3, -0.25) is 13.8 Å². The first-order chi connectivity index (χ1) is 31.5. The second-order valence-electron chi connectivity index (χ2n) is 14.1. The van der Waals surface area contributed by atoms with Crippen molar-refractivity contribution in [3.05, 3.63) is 105 Å². The average Bonchev–Trinajstić information content (AvgIpc) is 4.05. The van der Waals surface area contributed by atoms with Crippen LogP contribution in [0, 0.1) is 0 Å². The molecule has 59 heavy (non-hydrogen) atoms. The van der Waals surface area contributed by atoms with Crippen LogP contribution in [-0.2, 0) is 46.1 Å². The second-order valence-corrected chi connectivity index (χ2v) is 17.6. The van der Waals surface area contributed by atoms with Gasteiger partial charge in [0, 0.05) is 82.4 Å². The van der Waals surface area contributed by atoms with Gasteiger partial charge in [-0.25, -0.2) is 0 Å². The third-order valence-electron chi connectivity index (χ3n) is 9.88. The highest BCUT2D eigenvalue weighted by atomic mass is 32.2. The van der Waals surface area contributed by atoms with Gasteiger partial charge in [-0.1, -0.05) is 62.4 Å². The fourth-order valence-electron chi connectivity index (χ4n) is 7.14. The number of piperidine rings is 2. The number of ether oxygens (including phenoxy) is 2. The van der Waals surface area contributed by atoms with Crippen molar-refractivity contribution in [2.75, 3.05) is 82.7 Å². The maximum absolute atomic E-state index is 13.0. The van der Waals surface area contributed by atoms with Gasteiger partial charge >= 0.3 is 0 Å². The second kappa shape index (κ2) is 24.7. The van der Waals surface area contributed by atoms with E-state index < -0.39 is 41.5 Å². The summed E-state index contributed by atoms with van der Waals surface area (Å²) in [5.41, 5.74) is 0.940. The van der Waals surface area contributed by atoms with Gasteiger partial charge in [0.1, 0.15) is 0 Å². The Kier molecular flexibility index (Phi) is 15.6. The molecule has 2 fully saturated rings. The lowest BCUT2D eigenvalue weighted by molar-refractivity contribution is -0.121. The molecule has 0 atom stereocenters. The van der Waals surface area contributed by atoms with Gasteiger partial charge in [0.05, 0.1) is 39.8 Å². The smallest absolute Gasteiger partial charge is 0.264 e. The van der Waals surface area contributed by atoms with Gasteiger partial charge in [0.15, 0.2) is 0 Å². The minimum atomic E-state index is -4.07. The lowest BCUT2D eigenvalue weighted by Gasteiger charge is -2.48. The first-order valence-electron chi connectivity index (χ1n) is 23.7. The van der Waals surface area contributed by atoms with Crippen LogP contribution in [0.4, 0.5) is 11.4 Å². The zero-order valence-corrected chi connectivity index (χ0v) is 37.1. The van der Waals surface area contributed by atoms with Gasteiger partial charge in [0.25, 0.3) is 10.1 Å². The Labute approximate surface area is 372 Å². The molecule has 1 N–H and O–H groups in total. The lowest BCUT2D eigenvalue weighted by Crippen LogP contribution is -2.60. The number of nitrogens with one attached hydrogen (secondary N) is 1. The molecule has 2 aromatic heterocycles. The van der Waals surface area contributed by atoms with E-state index >= 15 is 0 Å². The number of anilines is 2. The summed E-state index contributed by atoms with van der Waals surface area (Å²) >= 11 is 2.22. The Bertz CT molecular complexity index is 2220. The van der Waals surface area contributed by atoms with Crippen molar-refractivity contribution < 1.29 is 42.6 Å². The molecule has 0 unspecified atom stereocenters. The minimum absolute atomic E-state index is 0.00590. The molecule has 0 aliphatic carbocycles. The predicted molar refractivity (Wildman–Crippen MR) is 242 cm³/mol. The largest absolute Gasteiger partial charge is 0.382 e. The number of aryl methyl sites for hydroxylation is 2. The van der Waals surface area contributed by atoms with Crippen LogP contribution in [0.25, 0.3) is 0 Å². The number of carbonyl (C=O) groups excluding carboxylic acids is 2. The molecular formula is C45H64N4O7S3. The Morgan fingerprint density at radius 3 is 1.59 bits per heavy atom. The van der Waals surface area contributed by atoms with Crippen LogP contribution in [0.5, 0.6) is 0 Å². The number of carbonyl (C=O) groups is 2. The molecule has 14 heteroatoms. The van der Waals surface area contributed by atoms with E-state index in [-0.39, 0.29) is 22.2 Å². The molecule has 2 aromatic carbocycles. The summed E-state index contributed by atoms with van der Waals surface area (Å²) in [7, 11) is -0.741. The first-order valence-corrected chi connectivity index (χ1v) is 23.2. The predicted octanol–water partition coefficient (Wildman–Crippen LogP) is 7.68. The summed E-state index contributed by atoms with van der Waals surface area (Å²) in [6.07, 6.45) is -0.314. The van der Waals surface area contributed by atoms with Gasteiger partial charge in [-0.05, 0) is 92.3 Å². The van der Waals surface area contributed by atoms with Crippen molar-refractivity contribution >= 4 is 56.0 Å². The maximum atomic E-state index is 13.0. The summed E-state index contributed by atoms with van der Waals surface area (Å²) in [6, 6.07) is 25.8. The Morgan fingerprint density at radius 2 is 1.19 bits per heavy atom. The summed E-state index contributed by atoms with van der Waals surface area (Å²) < 4.78 is 101. The van der Waals surface area contributed by atoms with E-state index in [0.717, 1.165) is 48.6 Å². The topological polar surface area (TPSA) is 118 Å². The van der Waals surface area contributed by atoms with Gasteiger partial charge in [-0.2, -0.15) is 8.42 Å². The minimum Gasteiger partial charge on any atom is -0.382 e. The van der Waals surface area contributed by atoms with Gasteiger partial charge < -0.3 is 29.5 Å². The third kappa shape index (κ3) is 14.9. The van der Waals surface area contributed by atoms with Crippen LogP contribution in [0.15, 0.2) is 95.7 Å². The molecule has 324 valence electrons. The molecule has 6 rings (SSSR count). The molecule has 4 heterocycles. The molecule has 4 aromatic rings. The fourth-order valence-corrected chi connectivity index (χ4v) is 8.46. The van der Waals surface area contributed by atoms with E-state index in [1.165, 1.54) is 17.4 Å². The Hall–Kier alpha value is -3.47. The SMILES string of the molecule is CCC(=O)N(c1ccccc1)C1(COC)CCNCC1.[2H]C([2H])(OS(C)(=O)=O)C([2H])([2H])c1cccs1.[2H]C([2H])(c1cccs1)C([2H])([2H])N1CCC(COC)(N(C(=O)CC)c2ccccc2)CC1. The quantitative estimate of drug-likeness (QED) is 0.107. The van der Waals surface area contributed by atoms with Crippen molar-refractivity contribution in [3.8, 4) is 0 Å². The van der Waals surface area contributed by atoms with Crippen molar-refractivity contribution in [1.82, 2.24) is 10.2 Å². The Morgan fingerprint density at radius 1 is 0.729 bits per heavy atom. The normalized spacial score (nSPS) is 19.1. The van der Waals surface area contributed by atoms with E-state index in [1.807, 2.05) is 84.3 Å². The monoisotopic (exact) mass is 876 g/mol. The van der Waals surface area contributed by atoms with Crippen molar-refractivity contribution in [3.63, 3.8) is 0 Å². The van der Waals surface area contributed by atoms with E-state index in [0.29, 0.717) is 63.1 Å². The van der Waals surface area contributed by atoms with Crippen molar-refractivity contribution in [1.29, 1.82) is 0 Å². The number of hydrogen-bond donors (Lipinski definition) is 1. The lowest BCUT2D eigenvalue weighted by atomic mass is 9.85. The molecule has 2 aliphatic rings. The number of methoxy groups -OCH3 is 2. The number of rotatable bonds is 17. The standard InChI is InChI=1S/C22H30N2O2S.C16H24N2O2.C7H10O3S2/c1-3-21(25)24(19-8-5-4-6-9-19)22(18-26-2)12-15-23(16-13-22)14-11-20-10-7-17-27-20;1-3-15(19)18(14-7-5-4-6-8-14)16(13-20-2)9-11-17-12-10-16;1-12(8,9)10-5-4-7-3-2-6-11-7/h4-10,17H,3,11-16,18H2,1-2H3;4-8,17H,3,9-13H2,1-2H3;2-3,6H,4-5H2,1H3/i11D2,14D2;;4D2,5D2. The van der Waals surface area contributed by atoms with Crippen LogP contribution in [0.1, 0.15) is 73.1 Å². The number of benzene rings is 2. The summed E-state index contributed by atoms with van der Waals surface area (Å²) in [5.74, 6) is 0.156. The molecule has 2 saturated heterocycles. The van der Waals surface area contributed by atoms with Crippen LogP contribution in [-0.4, -0.2) is 109 Å². The first kappa shape index (κ1) is 37.3. The molecule has 2 amide bonds. The van der Waals surface area contributed by atoms with Gasteiger partial charge in [0.2, 0.25) is 11.8 Å². The van der Waals surface area contributed by atoms with Gasteiger partial charge in [-0.15, -0.1) is 22.7 Å². The van der Waals surface area contributed by atoms with Crippen LogP contribution < -0.4 is 15.1 Å². The molecule has 2 aliphatic heterocycles. The zero-order chi connectivity index (χ0) is 49.7. The number of likely N-dealkylation sites (tertiary alicyclic amines) is 1. The van der Waals surface area contributed by atoms with E-state index in [1.54, 1.807) is 48.1 Å². The summed E-state index contributed by atoms with van der Waals surface area (Å²) in [5, 5.41) is 6.70. The molecule has 11 nitrogen and oxygen atoms in total. The highest BCUT2D eigenvalue weighted by Crippen LogP contribution is 2.35. The average molecular weight is 877 g/mol. The number of hydrogen-bond acceptors (Lipinski definition) is 11. The number of nitrogens with zero attached hydrogens (tertiary/aromatic N) is 3. The number of para-hydroxylation sites is 2. The highest BCUT2D eigenvalue weighted by Gasteiger charge is 2.43. The van der Waals surface area contributed by atoms with Crippen LogP contribution in [0.2, 0.25) is 0 Å². The van der Waals surface area contributed by atoms with E-state index in [2.05, 4.69) is 9.50 Å². The molecule has 0 spiro atoms. The van der Waals surface area contributed by atoms with Crippen LogP contribution >= 0.6 is 22.7 Å². The number of amides is 2. The number of thiophene rings is 2. The zero-order valence-electron chi connectivity index (χ0n) is 42.6. The van der Waals surface area contributed by atoms with Crippen molar-refractivity contribution in [2.24, 2.45) is 0 Å². The van der Waals surface area contributed by atoms with E-state index in [4.69, 9.17) is 20.4 Å². The van der Waals surface area contributed by atoms with E-state index in [9.17, 15) is 18.0 Å². The van der Waals surface area contributed by atoms with Crippen molar-refractivity contribution in [2.45, 2.75) is 76.2 Å². The van der Waals surface area contributed by atoms with Crippen LogP contribution in [0.3, 0.4) is 0 Å². The highest BCUT2D eigenvalue weighted by molar-refractivity contribution is 7.85. The molecular weight excluding hydrogens is 805 g/mol. The summed E-state index contributed by atoms with van der Waals surface area (Å²) in [6.45, 7) is 2.03. The molecule has 0 bridgehead atoms. The Balaban J connectivity index is 0.000000235. The molecule has 0 radical (unpaired) electrons. The fraction of sp³-hybridized carbons (Fsp3) is 0.511. The maximum Gasteiger partial charge on any atom is 0.264 e. The third-order valence-corrected chi connectivity index (χ3v) is 11.8. The summed E-state index contributed by atoms with van der Waals surface area (Å²) in [4.78, 5) is 31.4.